The van der Waals surface area contributed by atoms with E-state index in [1.165, 1.54) is 12.5 Å². The Bertz CT molecular complexity index is 372. The van der Waals surface area contributed by atoms with Gasteiger partial charge in [0.2, 0.25) is 6.54 Å². The fourth-order valence-electron chi connectivity index (χ4n) is 3.20. The lowest BCUT2D eigenvalue weighted by atomic mass is 9.62. The van der Waals surface area contributed by atoms with Crippen molar-refractivity contribution in [3.05, 3.63) is 21.8 Å². The zero-order valence-electron chi connectivity index (χ0n) is 10.1. The van der Waals surface area contributed by atoms with Gasteiger partial charge >= 0.3 is 5.97 Å². The van der Waals surface area contributed by atoms with Crippen LogP contribution in [0, 0.1) is 22.0 Å². The van der Waals surface area contributed by atoms with Crippen molar-refractivity contribution in [2.24, 2.45) is 11.8 Å². The van der Waals surface area contributed by atoms with E-state index in [9.17, 15) is 14.9 Å². The molecule has 2 aliphatic rings. The number of hydrogen-bond donors (Lipinski definition) is 0. The fourth-order valence-corrected chi connectivity index (χ4v) is 3.20. The van der Waals surface area contributed by atoms with Crippen LogP contribution in [-0.2, 0) is 9.53 Å². The molecule has 0 aromatic rings. The van der Waals surface area contributed by atoms with E-state index in [0.29, 0.717) is 12.3 Å². The molecule has 0 unspecified atom stereocenters. The van der Waals surface area contributed by atoms with Gasteiger partial charge in [-0.05, 0) is 25.2 Å². The third kappa shape index (κ3) is 2.06. The predicted molar refractivity (Wildman–Crippen MR) is 60.9 cm³/mol. The fraction of sp³-hybridized carbons (Fsp3) is 0.750. The first-order valence-corrected chi connectivity index (χ1v) is 5.98. The van der Waals surface area contributed by atoms with Gasteiger partial charge in [-0.2, -0.15) is 0 Å². The third-order valence-corrected chi connectivity index (χ3v) is 3.86. The van der Waals surface area contributed by atoms with E-state index in [2.05, 4.69) is 13.0 Å². The van der Waals surface area contributed by atoms with Gasteiger partial charge in [0.25, 0.3) is 0 Å². The van der Waals surface area contributed by atoms with E-state index in [1.807, 2.05) is 0 Å². The minimum atomic E-state index is -0.878. The summed E-state index contributed by atoms with van der Waals surface area (Å²) >= 11 is 0. The molecular weight excluding hydrogens is 222 g/mol. The van der Waals surface area contributed by atoms with E-state index in [1.54, 1.807) is 0 Å². The van der Waals surface area contributed by atoms with Gasteiger partial charge in [0, 0.05) is 17.8 Å². The predicted octanol–water partition coefficient (Wildman–Crippen LogP) is 1.94. The first kappa shape index (κ1) is 12.1. The molecule has 0 aliphatic heterocycles. The number of carbonyl (C=O) groups is 1. The Kier molecular flexibility index (Phi) is 2.93. The number of hydrogen-bond acceptors (Lipinski definition) is 4. The number of allylic oxidation sites excluding steroid dienone is 1. The molecule has 2 aliphatic carbocycles. The highest BCUT2D eigenvalue weighted by Crippen LogP contribution is 2.54. The summed E-state index contributed by atoms with van der Waals surface area (Å²) in [6.07, 6.45) is 4.68. The Balaban J connectivity index is 2.17. The highest BCUT2D eigenvalue weighted by atomic mass is 16.6. The van der Waals surface area contributed by atoms with Crippen LogP contribution in [-0.4, -0.2) is 23.0 Å². The van der Waals surface area contributed by atoms with Crippen molar-refractivity contribution >= 4 is 5.97 Å². The maximum Gasteiger partial charge on any atom is 0.303 e. The highest BCUT2D eigenvalue weighted by Gasteiger charge is 2.60. The van der Waals surface area contributed by atoms with Crippen molar-refractivity contribution < 1.29 is 14.5 Å². The summed E-state index contributed by atoms with van der Waals surface area (Å²) in [6, 6.07) is 0. The van der Waals surface area contributed by atoms with E-state index in [0.717, 1.165) is 12.8 Å². The molecule has 2 rings (SSSR count). The quantitative estimate of drug-likeness (QED) is 0.325. The number of nitrogens with zero attached hydrogens (tertiary/aromatic N) is 1. The lowest BCUT2D eigenvalue weighted by Crippen LogP contribution is -2.58. The molecule has 0 aromatic carbocycles. The summed E-state index contributed by atoms with van der Waals surface area (Å²) in [7, 11) is 0. The largest absolute Gasteiger partial charge is 0.452 e. The van der Waals surface area contributed by atoms with Crippen LogP contribution in [0.25, 0.3) is 0 Å². The van der Waals surface area contributed by atoms with E-state index >= 15 is 0 Å². The van der Waals surface area contributed by atoms with Crippen LogP contribution in [0.4, 0.5) is 0 Å². The number of carbonyl (C=O) groups excluding carboxylic acids is 1. The molecule has 0 aromatic heterocycles. The van der Waals surface area contributed by atoms with Crippen LogP contribution < -0.4 is 0 Å². The number of ether oxygens (including phenoxy) is 1. The molecule has 94 valence electrons. The van der Waals surface area contributed by atoms with Gasteiger partial charge in [0.1, 0.15) is 0 Å². The molecule has 5 heteroatoms. The summed E-state index contributed by atoms with van der Waals surface area (Å²) in [6.45, 7) is 3.12. The van der Waals surface area contributed by atoms with E-state index in [-0.39, 0.29) is 17.4 Å². The van der Waals surface area contributed by atoms with Crippen LogP contribution in [0.2, 0.25) is 0 Å². The van der Waals surface area contributed by atoms with Crippen LogP contribution >= 0.6 is 0 Å². The average Bonchev–Trinajstić information content (AvgIpc) is 2.54. The molecule has 17 heavy (non-hydrogen) atoms. The van der Waals surface area contributed by atoms with Crippen molar-refractivity contribution in [3.63, 3.8) is 0 Å². The van der Waals surface area contributed by atoms with Gasteiger partial charge < -0.3 is 4.74 Å². The molecule has 0 heterocycles. The molecule has 3 atom stereocenters. The molecular formula is C12H17NO4. The van der Waals surface area contributed by atoms with Crippen LogP contribution in [0.5, 0.6) is 0 Å². The summed E-state index contributed by atoms with van der Waals surface area (Å²) < 4.78 is 5.27. The van der Waals surface area contributed by atoms with Crippen molar-refractivity contribution in [1.82, 2.24) is 0 Å². The summed E-state index contributed by atoms with van der Waals surface area (Å²) in [5.74, 6) is 0.0552. The minimum absolute atomic E-state index is 0.0479. The Morgan fingerprint density at radius 3 is 2.94 bits per heavy atom. The Hall–Kier alpha value is -1.39. The smallest absolute Gasteiger partial charge is 0.303 e. The standard InChI is InChI=1S/C12H17NO4/c1-3-9-4-10-6-12(7-13(15)16,11(10)5-9)17-8(2)14/h5,10-11H,3-4,6-7H2,1-2H3/t10-,11+,12+/m0/s1. The van der Waals surface area contributed by atoms with Crippen LogP contribution in [0.15, 0.2) is 11.6 Å². The first-order chi connectivity index (χ1) is 7.97. The van der Waals surface area contributed by atoms with Gasteiger partial charge in [0.15, 0.2) is 5.60 Å². The van der Waals surface area contributed by atoms with Gasteiger partial charge in [-0.3, -0.25) is 14.9 Å². The highest BCUT2D eigenvalue weighted by molar-refractivity contribution is 5.67. The molecule has 0 spiro atoms. The monoisotopic (exact) mass is 239 g/mol. The normalized spacial score (nSPS) is 34.6. The second kappa shape index (κ2) is 4.13. The topological polar surface area (TPSA) is 69.4 Å². The number of rotatable bonds is 4. The minimum Gasteiger partial charge on any atom is -0.452 e. The molecule has 0 bridgehead atoms. The van der Waals surface area contributed by atoms with Crippen molar-refractivity contribution in [2.45, 2.75) is 38.7 Å². The second-order valence-corrected chi connectivity index (χ2v) is 5.02. The van der Waals surface area contributed by atoms with Gasteiger partial charge in [0.05, 0.1) is 0 Å². The van der Waals surface area contributed by atoms with Gasteiger partial charge in [-0.15, -0.1) is 0 Å². The summed E-state index contributed by atoms with van der Waals surface area (Å²) in [5, 5.41) is 10.7. The number of esters is 1. The van der Waals surface area contributed by atoms with E-state index in [4.69, 9.17) is 4.74 Å². The molecule has 0 N–H and O–H groups in total. The van der Waals surface area contributed by atoms with Crippen LogP contribution in [0.1, 0.15) is 33.1 Å². The Morgan fingerprint density at radius 1 is 1.71 bits per heavy atom. The van der Waals surface area contributed by atoms with Crippen molar-refractivity contribution in [2.75, 3.05) is 6.54 Å². The van der Waals surface area contributed by atoms with E-state index < -0.39 is 11.6 Å². The van der Waals surface area contributed by atoms with Gasteiger partial charge in [-0.25, -0.2) is 0 Å². The molecule has 0 saturated heterocycles. The maximum absolute atomic E-state index is 11.1. The zero-order chi connectivity index (χ0) is 12.6. The molecule has 0 radical (unpaired) electrons. The average molecular weight is 239 g/mol. The Morgan fingerprint density at radius 2 is 2.41 bits per heavy atom. The lowest BCUT2D eigenvalue weighted by Gasteiger charge is -2.47. The molecule has 1 saturated carbocycles. The SMILES string of the molecule is CCC1=C[C@@H]2[C@@H](C1)C[C@]2(C[N+](=O)[O-])OC(C)=O. The number of fused-ring (bicyclic) bond motifs is 1. The molecule has 1 fully saturated rings. The van der Waals surface area contributed by atoms with Gasteiger partial charge in [-0.1, -0.05) is 18.6 Å². The Labute approximate surface area is 100.0 Å². The van der Waals surface area contributed by atoms with Crippen molar-refractivity contribution in [1.29, 1.82) is 0 Å². The second-order valence-electron chi connectivity index (χ2n) is 5.02. The maximum atomic E-state index is 11.1. The lowest BCUT2D eigenvalue weighted by molar-refractivity contribution is -0.509. The number of nitro groups is 1. The summed E-state index contributed by atoms with van der Waals surface area (Å²) in [4.78, 5) is 21.5. The summed E-state index contributed by atoms with van der Waals surface area (Å²) in [5.41, 5.74) is 0.453. The first-order valence-electron chi connectivity index (χ1n) is 5.98. The third-order valence-electron chi connectivity index (χ3n) is 3.86. The van der Waals surface area contributed by atoms with Crippen molar-refractivity contribution in [3.8, 4) is 0 Å². The zero-order valence-corrected chi connectivity index (χ0v) is 10.1. The molecule has 5 nitrogen and oxygen atoms in total. The molecule has 0 amide bonds. The van der Waals surface area contributed by atoms with Crippen LogP contribution in [0.3, 0.4) is 0 Å².